The van der Waals surface area contributed by atoms with E-state index in [2.05, 4.69) is 4.98 Å². The van der Waals surface area contributed by atoms with Crippen molar-refractivity contribution in [2.75, 3.05) is 20.0 Å². The van der Waals surface area contributed by atoms with Crippen LogP contribution in [0.3, 0.4) is 0 Å². The number of nitrogens with two attached hydrogens (primary N) is 2. The van der Waals surface area contributed by atoms with Crippen molar-refractivity contribution in [2.45, 2.75) is 6.23 Å². The Morgan fingerprint density at radius 3 is 2.41 bits per heavy atom. The first-order chi connectivity index (χ1) is 15.3. The number of aromatic nitrogens is 1. The molecule has 1 atom stereocenters. The maximum absolute atomic E-state index is 9.46. The second kappa shape index (κ2) is 9.75. The summed E-state index contributed by atoms with van der Waals surface area (Å²) >= 11 is 12.3. The highest BCUT2D eigenvalue weighted by Crippen LogP contribution is 2.35. The fourth-order valence-electron chi connectivity index (χ4n) is 3.07. The highest BCUT2D eigenvalue weighted by Gasteiger charge is 2.19. The van der Waals surface area contributed by atoms with Crippen LogP contribution in [-0.2, 0) is 0 Å². The molecule has 1 heterocycles. The van der Waals surface area contributed by atoms with Crippen molar-refractivity contribution in [3.05, 3.63) is 75.0 Å². The van der Waals surface area contributed by atoms with Crippen LogP contribution >= 0.6 is 23.2 Å². The van der Waals surface area contributed by atoms with Gasteiger partial charge in [0.15, 0.2) is 17.7 Å². The van der Waals surface area contributed by atoms with Gasteiger partial charge in [-0.2, -0.15) is 5.26 Å². The van der Waals surface area contributed by atoms with Crippen molar-refractivity contribution in [3.63, 3.8) is 0 Å². The number of rotatable bonds is 7. The molecule has 0 saturated carbocycles. The molecule has 0 fully saturated rings. The molecule has 0 bridgehead atoms. The van der Waals surface area contributed by atoms with E-state index in [1.165, 1.54) is 32.7 Å². The molecule has 0 aliphatic rings. The van der Waals surface area contributed by atoms with Gasteiger partial charge in [-0.05, 0) is 30.3 Å². The van der Waals surface area contributed by atoms with E-state index >= 15 is 0 Å². The molecule has 0 saturated heterocycles. The average Bonchev–Trinajstić information content (AvgIpc) is 2.78. The molecule has 10 heteroatoms. The standard InChI is InChI=1S/C22H19Cl2N5O3/c1-30-18-6-11(5-12(8-25)21(18)31-2)20(27)14-7-13(3-4-17(14)26)32-22(28)19-15(23)9-29-10-16(19)24/h3-7,9-10,22,27H,26,28H2,1-2H3/t22-/m0/s1. The monoisotopic (exact) mass is 471 g/mol. The lowest BCUT2D eigenvalue weighted by Gasteiger charge is -2.18. The zero-order chi connectivity index (χ0) is 23.4. The summed E-state index contributed by atoms with van der Waals surface area (Å²) in [5.41, 5.74) is 14.0. The van der Waals surface area contributed by atoms with E-state index < -0.39 is 6.23 Å². The first-order valence-electron chi connectivity index (χ1n) is 9.16. The quantitative estimate of drug-likeness (QED) is 0.264. The summed E-state index contributed by atoms with van der Waals surface area (Å²) in [5.74, 6) is 0.950. The van der Waals surface area contributed by atoms with Crippen molar-refractivity contribution in [2.24, 2.45) is 5.73 Å². The van der Waals surface area contributed by atoms with Gasteiger partial charge in [-0.1, -0.05) is 23.2 Å². The van der Waals surface area contributed by atoms with Crippen molar-refractivity contribution in [1.29, 1.82) is 10.7 Å². The summed E-state index contributed by atoms with van der Waals surface area (Å²) in [5, 5.41) is 18.7. The average molecular weight is 472 g/mol. The molecule has 2 aromatic carbocycles. The third kappa shape index (κ3) is 4.55. The molecule has 0 unspecified atom stereocenters. The van der Waals surface area contributed by atoms with Gasteiger partial charge in [0.05, 0.1) is 35.5 Å². The normalized spacial score (nSPS) is 11.4. The molecule has 0 radical (unpaired) electrons. The molecule has 8 nitrogen and oxygen atoms in total. The van der Waals surface area contributed by atoms with Gasteiger partial charge in [-0.3, -0.25) is 16.1 Å². The lowest BCUT2D eigenvalue weighted by Crippen LogP contribution is -2.19. The number of nitrogens with zero attached hydrogens (tertiary/aromatic N) is 2. The third-order valence-electron chi connectivity index (χ3n) is 4.62. The van der Waals surface area contributed by atoms with Gasteiger partial charge in [-0.15, -0.1) is 0 Å². The first-order valence-corrected chi connectivity index (χ1v) is 9.92. The van der Waals surface area contributed by atoms with Gasteiger partial charge < -0.3 is 19.9 Å². The Kier molecular flexibility index (Phi) is 7.05. The summed E-state index contributed by atoms with van der Waals surface area (Å²) < 4.78 is 16.4. The molecule has 0 amide bonds. The maximum atomic E-state index is 9.46. The molecule has 5 N–H and O–H groups in total. The van der Waals surface area contributed by atoms with Gasteiger partial charge >= 0.3 is 0 Å². The number of pyridine rings is 1. The van der Waals surface area contributed by atoms with Crippen molar-refractivity contribution >= 4 is 34.6 Å². The summed E-state index contributed by atoms with van der Waals surface area (Å²) in [6.45, 7) is 0. The van der Waals surface area contributed by atoms with Gasteiger partial charge in [-0.25, -0.2) is 0 Å². The van der Waals surface area contributed by atoms with Crippen LogP contribution in [0.25, 0.3) is 0 Å². The van der Waals surface area contributed by atoms with Crippen LogP contribution in [-0.4, -0.2) is 24.9 Å². The number of anilines is 1. The second-order valence-corrected chi connectivity index (χ2v) is 7.36. The summed E-state index contributed by atoms with van der Waals surface area (Å²) in [6.07, 6.45) is 1.86. The van der Waals surface area contributed by atoms with Crippen LogP contribution < -0.4 is 25.7 Å². The SMILES string of the molecule is COc1cc(C(=N)c2cc(O[C@H](N)c3c(Cl)cncc3Cl)ccc2N)cc(C#N)c1OC. The number of hydrogen-bond acceptors (Lipinski definition) is 8. The molecule has 1 aromatic heterocycles. The van der Waals surface area contributed by atoms with Crippen LogP contribution in [0.2, 0.25) is 10.0 Å². The molecule has 3 rings (SSSR count). The number of ether oxygens (including phenoxy) is 3. The molecule has 32 heavy (non-hydrogen) atoms. The molecular weight excluding hydrogens is 453 g/mol. The molecular formula is C22H19Cl2N5O3. The molecule has 164 valence electrons. The van der Waals surface area contributed by atoms with E-state index in [4.69, 9.17) is 54.3 Å². The first kappa shape index (κ1) is 23.2. The Bertz CT molecular complexity index is 1210. The Morgan fingerprint density at radius 1 is 1.12 bits per heavy atom. The lowest BCUT2D eigenvalue weighted by atomic mass is 9.98. The van der Waals surface area contributed by atoms with E-state index in [0.717, 1.165) is 0 Å². The minimum Gasteiger partial charge on any atom is -0.493 e. The smallest absolute Gasteiger partial charge is 0.178 e. The fraction of sp³-hybridized carbons (Fsp3) is 0.136. The van der Waals surface area contributed by atoms with Crippen LogP contribution in [0.1, 0.15) is 28.5 Å². The molecule has 0 aliphatic carbocycles. The highest BCUT2D eigenvalue weighted by molar-refractivity contribution is 6.35. The Balaban J connectivity index is 1.97. The van der Waals surface area contributed by atoms with Crippen molar-refractivity contribution in [1.82, 2.24) is 4.98 Å². The third-order valence-corrected chi connectivity index (χ3v) is 5.22. The van der Waals surface area contributed by atoms with Gasteiger partial charge in [0.25, 0.3) is 0 Å². The lowest BCUT2D eigenvalue weighted by molar-refractivity contribution is 0.214. The Morgan fingerprint density at radius 2 is 1.81 bits per heavy atom. The fourth-order valence-corrected chi connectivity index (χ4v) is 3.65. The van der Waals surface area contributed by atoms with Gasteiger partial charge in [0, 0.05) is 34.8 Å². The van der Waals surface area contributed by atoms with Crippen LogP contribution in [0, 0.1) is 16.7 Å². The zero-order valence-corrected chi connectivity index (χ0v) is 18.7. The predicted molar refractivity (Wildman–Crippen MR) is 123 cm³/mol. The number of halogens is 2. The topological polar surface area (TPSA) is 140 Å². The summed E-state index contributed by atoms with van der Waals surface area (Å²) in [4.78, 5) is 3.90. The van der Waals surface area contributed by atoms with Crippen LogP contribution in [0.4, 0.5) is 5.69 Å². The Labute approximate surface area is 194 Å². The van der Waals surface area contributed by atoms with Crippen molar-refractivity contribution in [3.8, 4) is 23.3 Å². The largest absolute Gasteiger partial charge is 0.493 e. The van der Waals surface area contributed by atoms with E-state index in [9.17, 15) is 5.26 Å². The molecule has 0 spiro atoms. The highest BCUT2D eigenvalue weighted by atomic mass is 35.5. The molecule has 0 aliphatic heterocycles. The van der Waals surface area contributed by atoms with Crippen molar-refractivity contribution < 1.29 is 14.2 Å². The van der Waals surface area contributed by atoms with E-state index in [1.54, 1.807) is 24.3 Å². The van der Waals surface area contributed by atoms with E-state index in [1.807, 2.05) is 6.07 Å². The van der Waals surface area contributed by atoms with Gasteiger partial charge in [0.1, 0.15) is 11.8 Å². The number of methoxy groups -OCH3 is 2. The number of hydrogen-bond donors (Lipinski definition) is 3. The van der Waals surface area contributed by atoms with Gasteiger partial charge in [0.2, 0.25) is 0 Å². The second-order valence-electron chi connectivity index (χ2n) is 6.55. The number of nitrogen functional groups attached to an aromatic ring is 1. The van der Waals surface area contributed by atoms with Crippen LogP contribution in [0.5, 0.6) is 17.2 Å². The summed E-state index contributed by atoms with van der Waals surface area (Å²) in [6, 6.07) is 9.94. The van der Waals surface area contributed by atoms with E-state index in [-0.39, 0.29) is 27.1 Å². The number of nitrogens with one attached hydrogen (secondary N) is 1. The number of nitriles is 1. The number of benzene rings is 2. The maximum Gasteiger partial charge on any atom is 0.178 e. The predicted octanol–water partition coefficient (Wildman–Crippen LogP) is 4.31. The summed E-state index contributed by atoms with van der Waals surface area (Å²) in [7, 11) is 2.89. The Hall–Kier alpha value is -3.51. The zero-order valence-electron chi connectivity index (χ0n) is 17.1. The van der Waals surface area contributed by atoms with E-state index in [0.29, 0.717) is 33.9 Å². The van der Waals surface area contributed by atoms with Crippen LogP contribution in [0.15, 0.2) is 42.7 Å². The minimum absolute atomic E-state index is 0.0546. The minimum atomic E-state index is -0.977. The molecule has 3 aromatic rings.